The lowest BCUT2D eigenvalue weighted by molar-refractivity contribution is -0.137. The maximum absolute atomic E-state index is 10.9. The van der Waals surface area contributed by atoms with E-state index in [1.807, 2.05) is 6.92 Å². The Bertz CT molecular complexity index is 317. The molecule has 4 heteroatoms. The van der Waals surface area contributed by atoms with E-state index in [9.17, 15) is 4.79 Å². The van der Waals surface area contributed by atoms with Crippen molar-refractivity contribution in [1.82, 2.24) is 4.98 Å². The maximum Gasteiger partial charge on any atom is 0.330 e. The molecule has 0 spiro atoms. The Kier molecular flexibility index (Phi) is 3.64. The molecule has 13 heavy (non-hydrogen) atoms. The molecule has 0 amide bonds. The molecule has 0 aliphatic carbocycles. The van der Waals surface area contributed by atoms with Crippen molar-refractivity contribution in [2.75, 3.05) is 6.61 Å². The molecule has 0 aromatic carbocycles. The Morgan fingerprint density at radius 2 is 2.54 bits per heavy atom. The number of rotatable bonds is 3. The first kappa shape index (κ1) is 9.92. The number of thiazole rings is 1. The summed E-state index contributed by atoms with van der Waals surface area (Å²) in [5, 5.41) is 0. The van der Waals surface area contributed by atoms with Crippen LogP contribution in [0.25, 0.3) is 6.08 Å². The smallest absolute Gasteiger partial charge is 0.330 e. The second kappa shape index (κ2) is 4.77. The molecule has 0 radical (unpaired) electrons. The van der Waals surface area contributed by atoms with Gasteiger partial charge in [0.15, 0.2) is 0 Å². The summed E-state index contributed by atoms with van der Waals surface area (Å²) in [6, 6.07) is 0. The first-order valence-corrected chi connectivity index (χ1v) is 4.87. The molecule has 0 N–H and O–H groups in total. The summed E-state index contributed by atoms with van der Waals surface area (Å²) < 4.78 is 4.74. The highest BCUT2D eigenvalue weighted by Crippen LogP contribution is 2.13. The third kappa shape index (κ3) is 2.99. The van der Waals surface area contributed by atoms with Crippen LogP contribution in [0.2, 0.25) is 0 Å². The highest BCUT2D eigenvalue weighted by molar-refractivity contribution is 7.10. The van der Waals surface area contributed by atoms with Crippen molar-refractivity contribution in [3.8, 4) is 0 Å². The molecule has 1 aromatic rings. The molecule has 0 aliphatic heterocycles. The second-order valence-corrected chi connectivity index (χ2v) is 3.27. The van der Waals surface area contributed by atoms with E-state index in [2.05, 4.69) is 4.98 Å². The van der Waals surface area contributed by atoms with Gasteiger partial charge < -0.3 is 4.74 Å². The summed E-state index contributed by atoms with van der Waals surface area (Å²) in [7, 11) is 0. The number of aromatic nitrogens is 1. The van der Waals surface area contributed by atoms with Gasteiger partial charge in [0.1, 0.15) is 0 Å². The zero-order chi connectivity index (χ0) is 9.68. The fourth-order valence-electron chi connectivity index (χ4n) is 0.805. The summed E-state index contributed by atoms with van der Waals surface area (Å²) in [4.78, 5) is 16.0. The predicted molar refractivity (Wildman–Crippen MR) is 52.5 cm³/mol. The second-order valence-electron chi connectivity index (χ2n) is 2.39. The minimum absolute atomic E-state index is 0.310. The Balaban J connectivity index is 2.58. The van der Waals surface area contributed by atoms with E-state index in [-0.39, 0.29) is 5.97 Å². The summed E-state index contributed by atoms with van der Waals surface area (Å²) >= 11 is 1.50. The van der Waals surface area contributed by atoms with Crippen molar-refractivity contribution in [3.05, 3.63) is 22.2 Å². The number of esters is 1. The molecule has 0 bridgehead atoms. The van der Waals surface area contributed by atoms with Crippen LogP contribution >= 0.6 is 11.3 Å². The number of carbonyl (C=O) groups is 1. The van der Waals surface area contributed by atoms with Crippen LogP contribution in [0.15, 0.2) is 11.6 Å². The molecule has 1 aromatic heterocycles. The van der Waals surface area contributed by atoms with Gasteiger partial charge in [-0.15, -0.1) is 11.3 Å². The lowest BCUT2D eigenvalue weighted by Gasteiger charge is -1.93. The van der Waals surface area contributed by atoms with Crippen LogP contribution < -0.4 is 0 Å². The van der Waals surface area contributed by atoms with Crippen LogP contribution in [0.3, 0.4) is 0 Å². The molecule has 3 nitrogen and oxygen atoms in total. The Hall–Kier alpha value is -1.16. The van der Waals surface area contributed by atoms with Gasteiger partial charge in [-0.25, -0.2) is 9.78 Å². The molecule has 0 atom stereocenters. The minimum Gasteiger partial charge on any atom is -0.463 e. The van der Waals surface area contributed by atoms with E-state index in [0.29, 0.717) is 6.61 Å². The van der Waals surface area contributed by atoms with Crippen LogP contribution in [0, 0.1) is 6.92 Å². The van der Waals surface area contributed by atoms with E-state index in [1.165, 1.54) is 17.4 Å². The summed E-state index contributed by atoms with van der Waals surface area (Å²) in [6.07, 6.45) is 3.15. The maximum atomic E-state index is 10.9. The quantitative estimate of drug-likeness (QED) is 0.549. The van der Waals surface area contributed by atoms with E-state index < -0.39 is 0 Å². The lowest BCUT2D eigenvalue weighted by atomic mass is 10.3. The predicted octanol–water partition coefficient (Wildman–Crippen LogP) is 2.03. The SMILES string of the molecule is CCOC(=O)C=Cc1scnc1C. The number of hydrogen-bond acceptors (Lipinski definition) is 4. The molecule has 0 aliphatic rings. The third-order valence-corrected chi connectivity index (χ3v) is 2.34. The summed E-state index contributed by atoms with van der Waals surface area (Å²) in [5.74, 6) is -0.310. The monoisotopic (exact) mass is 197 g/mol. The largest absolute Gasteiger partial charge is 0.463 e. The van der Waals surface area contributed by atoms with Crippen molar-refractivity contribution < 1.29 is 9.53 Å². The average Bonchev–Trinajstić information content (AvgIpc) is 2.48. The van der Waals surface area contributed by atoms with Gasteiger partial charge in [-0.05, 0) is 19.9 Å². The van der Waals surface area contributed by atoms with E-state index in [4.69, 9.17) is 4.74 Å². The third-order valence-electron chi connectivity index (χ3n) is 1.44. The molecule has 1 heterocycles. The van der Waals surface area contributed by atoms with Crippen LogP contribution in [-0.2, 0) is 9.53 Å². The van der Waals surface area contributed by atoms with Crippen molar-refractivity contribution in [2.45, 2.75) is 13.8 Å². The van der Waals surface area contributed by atoms with Gasteiger partial charge in [0.2, 0.25) is 0 Å². The molecule has 70 valence electrons. The van der Waals surface area contributed by atoms with Gasteiger partial charge in [0.05, 0.1) is 22.7 Å². The van der Waals surface area contributed by atoms with Gasteiger partial charge >= 0.3 is 5.97 Å². The molecule has 1 rings (SSSR count). The zero-order valence-corrected chi connectivity index (χ0v) is 8.43. The highest BCUT2D eigenvalue weighted by Gasteiger charge is 1.98. The zero-order valence-electron chi connectivity index (χ0n) is 7.61. The molecule has 0 fully saturated rings. The van der Waals surface area contributed by atoms with Crippen molar-refractivity contribution in [1.29, 1.82) is 0 Å². The Morgan fingerprint density at radius 1 is 1.77 bits per heavy atom. The van der Waals surface area contributed by atoms with Crippen LogP contribution in [0.1, 0.15) is 17.5 Å². The van der Waals surface area contributed by atoms with Gasteiger partial charge in [-0.1, -0.05) is 0 Å². The van der Waals surface area contributed by atoms with Crippen LogP contribution in [0.4, 0.5) is 0 Å². The number of carbonyl (C=O) groups excluding carboxylic acids is 1. The van der Waals surface area contributed by atoms with Crippen LogP contribution in [-0.4, -0.2) is 17.6 Å². The molecule has 0 unspecified atom stereocenters. The van der Waals surface area contributed by atoms with Gasteiger partial charge in [0.25, 0.3) is 0 Å². The topological polar surface area (TPSA) is 39.2 Å². The molecule has 0 saturated carbocycles. The van der Waals surface area contributed by atoms with E-state index in [0.717, 1.165) is 10.6 Å². The Morgan fingerprint density at radius 3 is 3.08 bits per heavy atom. The number of aryl methyl sites for hydroxylation is 1. The first-order chi connectivity index (χ1) is 6.24. The van der Waals surface area contributed by atoms with Crippen LogP contribution in [0.5, 0.6) is 0 Å². The average molecular weight is 197 g/mol. The van der Waals surface area contributed by atoms with Crippen molar-refractivity contribution in [2.24, 2.45) is 0 Å². The standard InChI is InChI=1S/C9H11NO2S/c1-3-12-9(11)5-4-8-7(2)10-6-13-8/h4-6H,3H2,1-2H3. The first-order valence-electron chi connectivity index (χ1n) is 3.99. The van der Waals surface area contributed by atoms with Gasteiger partial charge in [-0.3, -0.25) is 0 Å². The van der Waals surface area contributed by atoms with Crippen molar-refractivity contribution >= 4 is 23.4 Å². The van der Waals surface area contributed by atoms with Gasteiger partial charge in [0, 0.05) is 6.08 Å². The van der Waals surface area contributed by atoms with Gasteiger partial charge in [-0.2, -0.15) is 0 Å². The summed E-state index contributed by atoms with van der Waals surface area (Å²) in [6.45, 7) is 4.09. The van der Waals surface area contributed by atoms with Crippen molar-refractivity contribution in [3.63, 3.8) is 0 Å². The number of nitrogens with zero attached hydrogens (tertiary/aromatic N) is 1. The van der Waals surface area contributed by atoms with E-state index >= 15 is 0 Å². The lowest BCUT2D eigenvalue weighted by Crippen LogP contribution is -1.98. The van der Waals surface area contributed by atoms with E-state index in [1.54, 1.807) is 18.5 Å². The Labute approximate surface area is 81.1 Å². The number of ether oxygens (including phenoxy) is 1. The fraction of sp³-hybridized carbons (Fsp3) is 0.333. The highest BCUT2D eigenvalue weighted by atomic mass is 32.1. The fourth-order valence-corrected chi connectivity index (χ4v) is 1.50. The normalized spacial score (nSPS) is 10.6. The summed E-state index contributed by atoms with van der Waals surface area (Å²) in [5.41, 5.74) is 2.69. The molecular weight excluding hydrogens is 186 g/mol. The molecular formula is C9H11NO2S. The minimum atomic E-state index is -0.310. The molecule has 0 saturated heterocycles. The number of hydrogen-bond donors (Lipinski definition) is 0.